The quantitative estimate of drug-likeness (QED) is 0.763. The van der Waals surface area contributed by atoms with E-state index in [1.54, 1.807) is 4.90 Å². The van der Waals surface area contributed by atoms with Crippen molar-refractivity contribution in [3.8, 4) is 0 Å². The van der Waals surface area contributed by atoms with Crippen molar-refractivity contribution in [3.63, 3.8) is 0 Å². The fourth-order valence-electron chi connectivity index (χ4n) is 3.78. The molecule has 0 aliphatic carbocycles. The number of amides is 1. The SMILES string of the molecule is CC(=O)N1CCn2c(nnc2C2CCCN2S(=O)(=O)c2cc(F)ccc2F)C1. The molecule has 0 radical (unpaired) electrons. The van der Waals surface area contributed by atoms with Crippen molar-refractivity contribution in [2.45, 2.75) is 43.8 Å². The Balaban J connectivity index is 1.69. The van der Waals surface area contributed by atoms with Gasteiger partial charge in [0.1, 0.15) is 16.5 Å². The number of nitrogens with zero attached hydrogens (tertiary/aromatic N) is 5. The molecule has 3 heterocycles. The second kappa shape index (κ2) is 6.89. The lowest BCUT2D eigenvalue weighted by Crippen LogP contribution is -2.38. The molecule has 1 aromatic carbocycles. The van der Waals surface area contributed by atoms with Crippen LogP contribution in [0, 0.1) is 11.6 Å². The maximum Gasteiger partial charge on any atom is 0.246 e. The summed E-state index contributed by atoms with van der Waals surface area (Å²) in [6.45, 7) is 2.90. The van der Waals surface area contributed by atoms with Crippen LogP contribution in [0.1, 0.15) is 37.5 Å². The molecule has 2 aliphatic rings. The van der Waals surface area contributed by atoms with Crippen LogP contribution >= 0.6 is 0 Å². The number of carbonyl (C=O) groups excluding carboxylic acids is 1. The molecule has 0 bridgehead atoms. The minimum absolute atomic E-state index is 0.0672. The van der Waals surface area contributed by atoms with Crippen molar-refractivity contribution in [1.29, 1.82) is 0 Å². The maximum absolute atomic E-state index is 14.1. The summed E-state index contributed by atoms with van der Waals surface area (Å²) in [6, 6.07) is 1.77. The molecule has 1 amide bonds. The van der Waals surface area contributed by atoms with Gasteiger partial charge in [0, 0.05) is 26.6 Å². The summed E-state index contributed by atoms with van der Waals surface area (Å²) < 4.78 is 56.7. The van der Waals surface area contributed by atoms with Crippen LogP contribution in [0.3, 0.4) is 0 Å². The number of fused-ring (bicyclic) bond motifs is 1. The molecule has 1 fully saturated rings. The Kier molecular flexibility index (Phi) is 4.66. The van der Waals surface area contributed by atoms with Gasteiger partial charge >= 0.3 is 0 Å². The zero-order valence-electron chi connectivity index (χ0n) is 15.2. The summed E-state index contributed by atoms with van der Waals surface area (Å²) >= 11 is 0. The van der Waals surface area contributed by atoms with E-state index in [2.05, 4.69) is 10.2 Å². The Morgan fingerprint density at radius 2 is 1.96 bits per heavy atom. The number of benzene rings is 1. The number of carbonyl (C=O) groups is 1. The molecule has 0 saturated carbocycles. The first-order valence-electron chi connectivity index (χ1n) is 8.93. The van der Waals surface area contributed by atoms with Crippen LogP contribution < -0.4 is 0 Å². The second-order valence-corrected chi connectivity index (χ2v) is 8.77. The van der Waals surface area contributed by atoms with E-state index in [-0.39, 0.29) is 12.5 Å². The van der Waals surface area contributed by atoms with E-state index in [0.717, 1.165) is 12.1 Å². The Labute approximate surface area is 160 Å². The molecule has 11 heteroatoms. The molecule has 1 unspecified atom stereocenters. The number of hydrogen-bond donors (Lipinski definition) is 0. The number of rotatable bonds is 3. The van der Waals surface area contributed by atoms with Crippen molar-refractivity contribution in [2.24, 2.45) is 0 Å². The molecule has 150 valence electrons. The molecule has 2 aliphatic heterocycles. The third kappa shape index (κ3) is 3.08. The molecule has 2 aromatic rings. The van der Waals surface area contributed by atoms with Crippen LogP contribution in [0.25, 0.3) is 0 Å². The lowest BCUT2D eigenvalue weighted by molar-refractivity contribution is -0.130. The second-order valence-electron chi connectivity index (χ2n) is 6.92. The first-order chi connectivity index (χ1) is 13.3. The summed E-state index contributed by atoms with van der Waals surface area (Å²) in [5, 5.41) is 8.29. The maximum atomic E-state index is 14.1. The van der Waals surface area contributed by atoms with Crippen LogP contribution in [-0.4, -0.2) is 51.4 Å². The van der Waals surface area contributed by atoms with E-state index < -0.39 is 32.6 Å². The van der Waals surface area contributed by atoms with Gasteiger partial charge in [0.15, 0.2) is 11.6 Å². The zero-order chi connectivity index (χ0) is 20.1. The molecule has 1 saturated heterocycles. The molecule has 4 rings (SSSR count). The van der Waals surface area contributed by atoms with E-state index >= 15 is 0 Å². The Hall–Kier alpha value is -2.40. The lowest BCUT2D eigenvalue weighted by Gasteiger charge is -2.29. The topological polar surface area (TPSA) is 88.4 Å². The summed E-state index contributed by atoms with van der Waals surface area (Å²) in [4.78, 5) is 12.5. The molecule has 1 atom stereocenters. The van der Waals surface area contributed by atoms with Crippen LogP contribution in [0.4, 0.5) is 8.78 Å². The van der Waals surface area contributed by atoms with Gasteiger partial charge in [-0.25, -0.2) is 17.2 Å². The van der Waals surface area contributed by atoms with Gasteiger partial charge in [-0.05, 0) is 31.0 Å². The zero-order valence-corrected chi connectivity index (χ0v) is 16.0. The largest absolute Gasteiger partial charge is 0.334 e. The summed E-state index contributed by atoms with van der Waals surface area (Å²) in [7, 11) is -4.25. The average molecular weight is 411 g/mol. The first-order valence-corrected chi connectivity index (χ1v) is 10.4. The van der Waals surface area contributed by atoms with Gasteiger partial charge in [0.05, 0.1) is 12.6 Å². The molecule has 1 aromatic heterocycles. The molecule has 0 N–H and O–H groups in total. The van der Waals surface area contributed by atoms with E-state index in [4.69, 9.17) is 0 Å². The smallest absolute Gasteiger partial charge is 0.246 e. The molecule has 0 spiro atoms. The van der Waals surface area contributed by atoms with Gasteiger partial charge in [0.2, 0.25) is 15.9 Å². The molecule has 8 nitrogen and oxygen atoms in total. The van der Waals surface area contributed by atoms with Gasteiger partial charge in [0.25, 0.3) is 0 Å². The van der Waals surface area contributed by atoms with E-state index in [1.165, 1.54) is 11.2 Å². The molecular weight excluding hydrogens is 392 g/mol. The number of hydrogen-bond acceptors (Lipinski definition) is 5. The highest BCUT2D eigenvalue weighted by Gasteiger charge is 2.41. The van der Waals surface area contributed by atoms with Crippen LogP contribution in [0.5, 0.6) is 0 Å². The average Bonchev–Trinajstić information content (AvgIpc) is 3.29. The minimum Gasteiger partial charge on any atom is -0.334 e. The van der Waals surface area contributed by atoms with Crippen molar-refractivity contribution < 1.29 is 22.0 Å². The minimum atomic E-state index is -4.25. The number of halogens is 2. The van der Waals surface area contributed by atoms with Crippen molar-refractivity contribution in [2.75, 3.05) is 13.1 Å². The Morgan fingerprint density at radius 1 is 1.18 bits per heavy atom. The highest BCUT2D eigenvalue weighted by atomic mass is 32.2. The summed E-state index contributed by atoms with van der Waals surface area (Å²) in [5.74, 6) is -0.830. The standard InChI is InChI=1S/C17H19F2N5O3S/c1-11(25)22-7-8-23-16(10-22)20-21-17(23)14-3-2-6-24(14)28(26,27)15-9-12(18)4-5-13(15)19/h4-5,9,14H,2-3,6-8,10H2,1H3. The van der Waals surface area contributed by atoms with Gasteiger partial charge in [-0.15, -0.1) is 10.2 Å². The van der Waals surface area contributed by atoms with Gasteiger partial charge < -0.3 is 9.47 Å². The fourth-order valence-corrected chi connectivity index (χ4v) is 5.52. The highest BCUT2D eigenvalue weighted by Crippen LogP contribution is 2.37. The summed E-state index contributed by atoms with van der Waals surface area (Å²) in [6.07, 6.45) is 1.08. The summed E-state index contributed by atoms with van der Waals surface area (Å²) in [5.41, 5.74) is 0. The Morgan fingerprint density at radius 3 is 2.71 bits per heavy atom. The van der Waals surface area contributed by atoms with Crippen LogP contribution in [0.15, 0.2) is 23.1 Å². The van der Waals surface area contributed by atoms with E-state index in [9.17, 15) is 22.0 Å². The lowest BCUT2D eigenvalue weighted by atomic mass is 10.2. The monoisotopic (exact) mass is 411 g/mol. The normalized spacial score (nSPS) is 20.4. The van der Waals surface area contributed by atoms with E-state index in [1.807, 2.05) is 4.57 Å². The predicted octanol–water partition coefficient (Wildman–Crippen LogP) is 1.44. The Bertz CT molecular complexity index is 1040. The highest BCUT2D eigenvalue weighted by molar-refractivity contribution is 7.89. The predicted molar refractivity (Wildman–Crippen MR) is 93.3 cm³/mol. The van der Waals surface area contributed by atoms with Crippen LogP contribution in [-0.2, 0) is 27.9 Å². The number of aromatic nitrogens is 3. The van der Waals surface area contributed by atoms with Crippen molar-refractivity contribution in [3.05, 3.63) is 41.5 Å². The number of sulfonamides is 1. The fraction of sp³-hybridized carbons (Fsp3) is 0.471. The van der Waals surface area contributed by atoms with Gasteiger partial charge in [-0.2, -0.15) is 4.31 Å². The first kappa shape index (κ1) is 18.9. The van der Waals surface area contributed by atoms with E-state index in [0.29, 0.717) is 50.2 Å². The van der Waals surface area contributed by atoms with Crippen molar-refractivity contribution >= 4 is 15.9 Å². The third-order valence-corrected chi connectivity index (χ3v) is 7.13. The van der Waals surface area contributed by atoms with Crippen molar-refractivity contribution in [1.82, 2.24) is 24.0 Å². The molecular formula is C17H19F2N5O3S. The third-order valence-electron chi connectivity index (χ3n) is 5.21. The van der Waals surface area contributed by atoms with Gasteiger partial charge in [-0.3, -0.25) is 4.79 Å². The van der Waals surface area contributed by atoms with Gasteiger partial charge in [-0.1, -0.05) is 0 Å². The van der Waals surface area contributed by atoms with Crippen LogP contribution in [0.2, 0.25) is 0 Å². The molecule has 28 heavy (non-hydrogen) atoms.